The van der Waals surface area contributed by atoms with Gasteiger partial charge in [0.15, 0.2) is 0 Å². The molecule has 0 spiro atoms. The topological polar surface area (TPSA) is 84.0 Å². The average Bonchev–Trinajstić information content (AvgIpc) is 2.70. The molecule has 0 saturated carbocycles. The molecule has 0 saturated heterocycles. The van der Waals surface area contributed by atoms with E-state index >= 15 is 0 Å². The summed E-state index contributed by atoms with van der Waals surface area (Å²) in [6, 6.07) is 12.5. The Morgan fingerprint density at radius 1 is 1.00 bits per heavy atom. The number of hydrogen-bond donors (Lipinski definition) is 2. The first-order chi connectivity index (χ1) is 13.0. The van der Waals surface area contributed by atoms with Crippen molar-refractivity contribution in [3.63, 3.8) is 0 Å². The van der Waals surface area contributed by atoms with E-state index in [2.05, 4.69) is 20.6 Å². The van der Waals surface area contributed by atoms with Crippen LogP contribution in [-0.2, 0) is 6.54 Å². The van der Waals surface area contributed by atoms with Crippen LogP contribution in [-0.4, -0.2) is 21.8 Å². The summed E-state index contributed by atoms with van der Waals surface area (Å²) in [7, 11) is 0. The lowest BCUT2D eigenvalue weighted by atomic mass is 10.1. The molecule has 2 aromatic heterocycles. The molecule has 1 aromatic carbocycles. The number of aromatic nitrogens is 2. The summed E-state index contributed by atoms with van der Waals surface area (Å²) in [4.78, 5) is 32.9. The Balaban J connectivity index is 1.70. The zero-order valence-electron chi connectivity index (χ0n) is 15.2. The molecule has 0 aliphatic carbocycles. The first kappa shape index (κ1) is 18.3. The standard InChI is InChI=1S/C21H20N4O2/c1-14-5-3-7-18(15(14)2)25-20(26)17-8-10-23-19(11-17)21(27)24-13-16-6-4-9-22-12-16/h3-12H,13H2,1-2H3,(H,24,27)(H,25,26). The van der Waals surface area contributed by atoms with Crippen LogP contribution in [0.5, 0.6) is 0 Å². The molecule has 6 heteroatoms. The van der Waals surface area contributed by atoms with Crippen molar-refractivity contribution < 1.29 is 9.59 Å². The van der Waals surface area contributed by atoms with Gasteiger partial charge in [-0.15, -0.1) is 0 Å². The van der Waals surface area contributed by atoms with Crippen molar-refractivity contribution in [1.29, 1.82) is 0 Å². The molecule has 3 aromatic rings. The molecule has 2 amide bonds. The van der Waals surface area contributed by atoms with Gasteiger partial charge in [-0.05, 0) is 54.8 Å². The van der Waals surface area contributed by atoms with Gasteiger partial charge >= 0.3 is 0 Å². The summed E-state index contributed by atoms with van der Waals surface area (Å²) >= 11 is 0. The maximum absolute atomic E-state index is 12.6. The molecular formula is C21H20N4O2. The van der Waals surface area contributed by atoms with Crippen LogP contribution in [0.4, 0.5) is 5.69 Å². The third-order valence-electron chi connectivity index (χ3n) is 4.28. The maximum Gasteiger partial charge on any atom is 0.270 e. The molecule has 0 aliphatic rings. The minimum Gasteiger partial charge on any atom is -0.347 e. The van der Waals surface area contributed by atoms with Crippen molar-refractivity contribution in [1.82, 2.24) is 15.3 Å². The van der Waals surface area contributed by atoms with E-state index in [0.717, 1.165) is 22.4 Å². The van der Waals surface area contributed by atoms with Crippen molar-refractivity contribution in [3.8, 4) is 0 Å². The minimum absolute atomic E-state index is 0.188. The lowest BCUT2D eigenvalue weighted by Crippen LogP contribution is -2.24. The number of carbonyl (C=O) groups is 2. The molecule has 3 rings (SSSR count). The Labute approximate surface area is 157 Å². The molecule has 0 unspecified atom stereocenters. The van der Waals surface area contributed by atoms with Crippen molar-refractivity contribution in [3.05, 3.63) is 89.0 Å². The Kier molecular flexibility index (Phi) is 5.56. The van der Waals surface area contributed by atoms with Crippen LogP contribution in [0.2, 0.25) is 0 Å². The van der Waals surface area contributed by atoms with Crippen LogP contribution >= 0.6 is 0 Å². The summed E-state index contributed by atoms with van der Waals surface area (Å²) in [5, 5.41) is 5.66. The SMILES string of the molecule is Cc1cccc(NC(=O)c2ccnc(C(=O)NCc3cccnc3)c2)c1C. The molecule has 0 fully saturated rings. The third kappa shape index (κ3) is 4.55. The predicted molar refractivity (Wildman–Crippen MR) is 104 cm³/mol. The molecule has 0 atom stereocenters. The van der Waals surface area contributed by atoms with Crippen LogP contribution in [0.3, 0.4) is 0 Å². The Morgan fingerprint density at radius 2 is 1.85 bits per heavy atom. The van der Waals surface area contributed by atoms with Gasteiger partial charge in [-0.3, -0.25) is 19.6 Å². The highest BCUT2D eigenvalue weighted by molar-refractivity contribution is 6.06. The normalized spacial score (nSPS) is 10.3. The van der Waals surface area contributed by atoms with Gasteiger partial charge in [0.05, 0.1) is 0 Å². The second kappa shape index (κ2) is 8.23. The quantitative estimate of drug-likeness (QED) is 0.731. The number of pyridine rings is 2. The first-order valence-electron chi connectivity index (χ1n) is 8.55. The molecule has 27 heavy (non-hydrogen) atoms. The van der Waals surface area contributed by atoms with Crippen molar-refractivity contribution in [2.75, 3.05) is 5.32 Å². The van der Waals surface area contributed by atoms with Gasteiger partial charge in [0.25, 0.3) is 11.8 Å². The number of rotatable bonds is 5. The van der Waals surface area contributed by atoms with Gasteiger partial charge in [-0.2, -0.15) is 0 Å². The Hall–Kier alpha value is -3.54. The number of nitrogens with zero attached hydrogens (tertiary/aromatic N) is 2. The number of amides is 2. The number of hydrogen-bond acceptors (Lipinski definition) is 4. The van der Waals surface area contributed by atoms with Gasteiger partial charge in [-0.25, -0.2) is 0 Å². The Morgan fingerprint density at radius 3 is 2.63 bits per heavy atom. The van der Waals surface area contributed by atoms with Gasteiger partial charge < -0.3 is 10.6 Å². The van der Waals surface area contributed by atoms with Crippen molar-refractivity contribution in [2.45, 2.75) is 20.4 Å². The van der Waals surface area contributed by atoms with E-state index in [9.17, 15) is 9.59 Å². The highest BCUT2D eigenvalue weighted by Crippen LogP contribution is 2.19. The average molecular weight is 360 g/mol. The second-order valence-corrected chi connectivity index (χ2v) is 6.18. The molecule has 6 nitrogen and oxygen atoms in total. The summed E-state index contributed by atoms with van der Waals surface area (Å²) in [5.74, 6) is -0.632. The number of nitrogens with one attached hydrogen (secondary N) is 2. The molecule has 2 heterocycles. The van der Waals surface area contributed by atoms with Crippen molar-refractivity contribution >= 4 is 17.5 Å². The monoisotopic (exact) mass is 360 g/mol. The van der Waals surface area contributed by atoms with Crippen molar-refractivity contribution in [2.24, 2.45) is 0 Å². The smallest absolute Gasteiger partial charge is 0.270 e. The van der Waals surface area contributed by atoms with E-state index < -0.39 is 0 Å². The summed E-state index contributed by atoms with van der Waals surface area (Å²) < 4.78 is 0. The summed E-state index contributed by atoms with van der Waals surface area (Å²) in [6.45, 7) is 4.28. The minimum atomic E-state index is -0.347. The van der Waals surface area contributed by atoms with E-state index in [1.165, 1.54) is 12.3 Å². The van der Waals surface area contributed by atoms with Crippen LogP contribution < -0.4 is 10.6 Å². The van der Waals surface area contributed by atoms with Gasteiger partial charge in [0.2, 0.25) is 0 Å². The highest BCUT2D eigenvalue weighted by Gasteiger charge is 2.13. The van der Waals surface area contributed by atoms with Gasteiger partial charge in [-0.1, -0.05) is 18.2 Å². The largest absolute Gasteiger partial charge is 0.347 e. The molecule has 0 radical (unpaired) electrons. The molecule has 0 aliphatic heterocycles. The Bertz CT molecular complexity index is 971. The zero-order chi connectivity index (χ0) is 19.2. The van der Waals surface area contributed by atoms with Crippen LogP contribution in [0, 0.1) is 13.8 Å². The maximum atomic E-state index is 12.6. The highest BCUT2D eigenvalue weighted by atomic mass is 16.2. The second-order valence-electron chi connectivity index (χ2n) is 6.18. The van der Waals surface area contributed by atoms with Gasteiger partial charge in [0.1, 0.15) is 5.69 Å². The van der Waals surface area contributed by atoms with E-state index in [0.29, 0.717) is 12.1 Å². The fourth-order valence-electron chi connectivity index (χ4n) is 2.55. The molecular weight excluding hydrogens is 340 g/mol. The van der Waals surface area contributed by atoms with Crippen LogP contribution in [0.1, 0.15) is 37.5 Å². The number of carbonyl (C=O) groups excluding carboxylic acids is 2. The van der Waals surface area contributed by atoms with Crippen LogP contribution in [0.15, 0.2) is 61.1 Å². The third-order valence-corrected chi connectivity index (χ3v) is 4.28. The van der Waals surface area contributed by atoms with E-state index in [1.807, 2.05) is 38.1 Å². The number of benzene rings is 1. The predicted octanol–water partition coefficient (Wildman–Crippen LogP) is 3.28. The molecule has 0 bridgehead atoms. The summed E-state index contributed by atoms with van der Waals surface area (Å²) in [6.07, 6.45) is 4.81. The zero-order valence-corrected chi connectivity index (χ0v) is 15.2. The fourth-order valence-corrected chi connectivity index (χ4v) is 2.55. The lowest BCUT2D eigenvalue weighted by Gasteiger charge is -2.11. The fraction of sp³-hybridized carbons (Fsp3) is 0.143. The molecule has 2 N–H and O–H groups in total. The summed E-state index contributed by atoms with van der Waals surface area (Å²) in [5.41, 5.74) is 4.30. The number of aryl methyl sites for hydroxylation is 1. The van der Waals surface area contributed by atoms with E-state index in [-0.39, 0.29) is 17.5 Å². The van der Waals surface area contributed by atoms with E-state index in [4.69, 9.17) is 0 Å². The van der Waals surface area contributed by atoms with Crippen LogP contribution in [0.25, 0.3) is 0 Å². The molecule has 136 valence electrons. The van der Waals surface area contributed by atoms with E-state index in [1.54, 1.807) is 24.5 Å². The lowest BCUT2D eigenvalue weighted by molar-refractivity contribution is 0.0946. The number of anilines is 1. The van der Waals surface area contributed by atoms with Gasteiger partial charge in [0, 0.05) is 36.4 Å². The first-order valence-corrected chi connectivity index (χ1v) is 8.55.